The van der Waals surface area contributed by atoms with Crippen LogP contribution in [0.25, 0.3) is 10.6 Å². The van der Waals surface area contributed by atoms with Gasteiger partial charge in [0.15, 0.2) is 5.13 Å². The normalized spacial score (nSPS) is 15.0. The molecule has 0 unspecified atom stereocenters. The maximum absolute atomic E-state index is 5.21. The predicted octanol–water partition coefficient (Wildman–Crippen LogP) is 4.11. The van der Waals surface area contributed by atoms with Crippen molar-refractivity contribution in [2.75, 3.05) is 12.4 Å². The van der Waals surface area contributed by atoms with Crippen molar-refractivity contribution < 1.29 is 4.74 Å². The van der Waals surface area contributed by atoms with Crippen LogP contribution in [0.15, 0.2) is 5.38 Å². The zero-order valence-electron chi connectivity index (χ0n) is 12.0. The highest BCUT2D eigenvalue weighted by Gasteiger charge is 2.30. The first-order chi connectivity index (χ1) is 9.67. The molecule has 0 aromatic carbocycles. The summed E-state index contributed by atoms with van der Waals surface area (Å²) in [7, 11) is 1.71. The summed E-state index contributed by atoms with van der Waals surface area (Å²) in [5.74, 6) is 0.634. The topological polar surface area (TPSA) is 47.0 Å². The minimum Gasteiger partial charge on any atom is -0.378 e. The van der Waals surface area contributed by atoms with Gasteiger partial charge in [-0.3, -0.25) is 0 Å². The molecule has 1 aliphatic rings. The quantitative estimate of drug-likeness (QED) is 0.872. The Labute approximate surface area is 127 Å². The number of anilines is 1. The summed E-state index contributed by atoms with van der Waals surface area (Å²) in [5.41, 5.74) is 2.28. The lowest BCUT2D eigenvalue weighted by Gasteiger charge is -2.04. The summed E-state index contributed by atoms with van der Waals surface area (Å²) < 4.78 is 5.21. The number of hydrogen-bond acceptors (Lipinski definition) is 6. The molecule has 1 aliphatic carbocycles. The molecule has 3 rings (SSSR count). The van der Waals surface area contributed by atoms with E-state index in [0.717, 1.165) is 15.8 Å². The second kappa shape index (κ2) is 5.79. The maximum Gasteiger partial charge on any atom is 0.183 e. The Kier molecular flexibility index (Phi) is 4.05. The number of hydrogen-bond donors (Lipinski definition) is 1. The van der Waals surface area contributed by atoms with Crippen LogP contribution in [0, 0.1) is 0 Å². The molecule has 1 fully saturated rings. The van der Waals surface area contributed by atoms with E-state index in [-0.39, 0.29) is 0 Å². The van der Waals surface area contributed by atoms with Gasteiger partial charge in [0.1, 0.15) is 5.01 Å². The average Bonchev–Trinajstić information content (AvgIpc) is 2.99. The van der Waals surface area contributed by atoms with Gasteiger partial charge < -0.3 is 10.1 Å². The van der Waals surface area contributed by atoms with Crippen LogP contribution in [0.5, 0.6) is 0 Å². The van der Waals surface area contributed by atoms with E-state index in [1.807, 2.05) is 0 Å². The van der Waals surface area contributed by atoms with Crippen LogP contribution in [0.4, 0.5) is 5.13 Å². The highest BCUT2D eigenvalue weighted by atomic mass is 32.1. The minimum atomic E-state index is 0.405. The number of aromatic nitrogens is 2. The molecule has 0 radical (unpaired) electrons. The first-order valence-electron chi connectivity index (χ1n) is 6.88. The third kappa shape index (κ3) is 3.02. The molecular formula is C14H19N3OS2. The molecule has 2 aromatic rings. The maximum atomic E-state index is 5.21. The smallest absolute Gasteiger partial charge is 0.183 e. The van der Waals surface area contributed by atoms with E-state index in [4.69, 9.17) is 14.7 Å². The molecule has 1 N–H and O–H groups in total. The zero-order chi connectivity index (χ0) is 14.1. The summed E-state index contributed by atoms with van der Waals surface area (Å²) in [6.07, 6.45) is 2.51. The Balaban J connectivity index is 1.89. The molecule has 6 heteroatoms. The van der Waals surface area contributed by atoms with E-state index in [1.54, 1.807) is 29.8 Å². The van der Waals surface area contributed by atoms with Gasteiger partial charge in [-0.25, -0.2) is 9.97 Å². The third-order valence-corrected chi connectivity index (χ3v) is 4.92. The molecule has 1 saturated carbocycles. The Bertz CT molecular complexity index is 587. The van der Waals surface area contributed by atoms with E-state index in [0.29, 0.717) is 18.6 Å². The van der Waals surface area contributed by atoms with Crippen LogP contribution in [0.2, 0.25) is 0 Å². The van der Waals surface area contributed by atoms with Gasteiger partial charge in [0.05, 0.1) is 22.9 Å². The molecule has 0 aliphatic heterocycles. The average molecular weight is 309 g/mol. The molecule has 108 valence electrons. The number of ether oxygens (including phenoxy) is 1. The van der Waals surface area contributed by atoms with E-state index >= 15 is 0 Å². The number of rotatable bonds is 6. The Hall–Kier alpha value is -0.980. The fourth-order valence-electron chi connectivity index (χ4n) is 2.07. The van der Waals surface area contributed by atoms with Gasteiger partial charge in [-0.1, -0.05) is 0 Å². The third-order valence-electron chi connectivity index (χ3n) is 3.08. The lowest BCUT2D eigenvalue weighted by molar-refractivity contribution is 0.184. The molecule has 0 amide bonds. The molecule has 2 aromatic heterocycles. The Morgan fingerprint density at radius 2 is 2.20 bits per heavy atom. The lowest BCUT2D eigenvalue weighted by Crippen LogP contribution is -2.08. The van der Waals surface area contributed by atoms with Crippen molar-refractivity contribution in [3.05, 3.63) is 16.1 Å². The summed E-state index contributed by atoms with van der Waals surface area (Å²) >= 11 is 3.38. The summed E-state index contributed by atoms with van der Waals surface area (Å²) in [5, 5.41) is 7.52. The summed E-state index contributed by atoms with van der Waals surface area (Å²) in [6.45, 7) is 4.84. The standard InChI is InChI=1S/C14H19N3OS2/c1-8(2)15-14-16-10(7-19-14)13-12(9-4-5-9)17-11(20-13)6-18-3/h7-9H,4-6H2,1-3H3,(H,15,16). The van der Waals surface area contributed by atoms with E-state index in [1.165, 1.54) is 23.4 Å². The molecule has 0 saturated heterocycles. The largest absolute Gasteiger partial charge is 0.378 e. The van der Waals surface area contributed by atoms with Gasteiger partial charge in [-0.05, 0) is 26.7 Å². The van der Waals surface area contributed by atoms with Crippen molar-refractivity contribution in [2.45, 2.75) is 45.3 Å². The van der Waals surface area contributed by atoms with Crippen LogP contribution >= 0.6 is 22.7 Å². The molecular weight excluding hydrogens is 290 g/mol. The molecule has 0 atom stereocenters. The van der Waals surface area contributed by atoms with Crippen molar-refractivity contribution in [2.24, 2.45) is 0 Å². The van der Waals surface area contributed by atoms with Crippen molar-refractivity contribution in [3.63, 3.8) is 0 Å². The van der Waals surface area contributed by atoms with E-state index < -0.39 is 0 Å². The molecule has 4 nitrogen and oxygen atoms in total. The number of nitrogens with one attached hydrogen (secondary N) is 1. The fraction of sp³-hybridized carbons (Fsp3) is 0.571. The molecule has 20 heavy (non-hydrogen) atoms. The van der Waals surface area contributed by atoms with Gasteiger partial charge in [0, 0.05) is 24.4 Å². The predicted molar refractivity (Wildman–Crippen MR) is 84.7 cm³/mol. The lowest BCUT2D eigenvalue weighted by atomic mass is 10.2. The van der Waals surface area contributed by atoms with Gasteiger partial charge in [0.25, 0.3) is 0 Å². The number of nitrogens with zero attached hydrogens (tertiary/aromatic N) is 2. The highest BCUT2D eigenvalue weighted by molar-refractivity contribution is 7.16. The van der Waals surface area contributed by atoms with Crippen molar-refractivity contribution in [1.82, 2.24) is 9.97 Å². The Morgan fingerprint density at radius 3 is 2.85 bits per heavy atom. The van der Waals surface area contributed by atoms with Gasteiger partial charge in [-0.2, -0.15) is 0 Å². The van der Waals surface area contributed by atoms with Crippen LogP contribution in [-0.4, -0.2) is 23.1 Å². The first-order valence-corrected chi connectivity index (χ1v) is 8.58. The van der Waals surface area contributed by atoms with Crippen LogP contribution in [0.1, 0.15) is 43.3 Å². The molecule has 0 bridgehead atoms. The van der Waals surface area contributed by atoms with Crippen molar-refractivity contribution in [3.8, 4) is 10.6 Å². The second-order valence-corrected chi connectivity index (χ2v) is 7.31. The number of thiazole rings is 2. The first kappa shape index (κ1) is 14.0. The second-order valence-electron chi connectivity index (χ2n) is 5.37. The number of methoxy groups -OCH3 is 1. The van der Waals surface area contributed by atoms with Crippen LogP contribution in [-0.2, 0) is 11.3 Å². The van der Waals surface area contributed by atoms with Crippen molar-refractivity contribution in [1.29, 1.82) is 0 Å². The zero-order valence-corrected chi connectivity index (χ0v) is 13.6. The van der Waals surface area contributed by atoms with Crippen molar-refractivity contribution >= 4 is 27.8 Å². The molecule has 0 spiro atoms. The van der Waals surface area contributed by atoms with Gasteiger partial charge in [0.2, 0.25) is 0 Å². The van der Waals surface area contributed by atoms with Gasteiger partial charge in [-0.15, -0.1) is 22.7 Å². The Morgan fingerprint density at radius 1 is 1.40 bits per heavy atom. The molecule has 2 heterocycles. The fourth-order valence-corrected chi connectivity index (χ4v) is 4.08. The monoisotopic (exact) mass is 309 g/mol. The van der Waals surface area contributed by atoms with Gasteiger partial charge >= 0.3 is 0 Å². The summed E-state index contributed by atoms with van der Waals surface area (Å²) in [6, 6.07) is 0.405. The SMILES string of the molecule is COCc1nc(C2CC2)c(-c2csc(NC(C)C)n2)s1. The van der Waals surface area contributed by atoms with E-state index in [2.05, 4.69) is 24.5 Å². The highest BCUT2D eigenvalue weighted by Crippen LogP contribution is 2.46. The van der Waals surface area contributed by atoms with Crippen LogP contribution in [0.3, 0.4) is 0 Å². The van der Waals surface area contributed by atoms with Crippen LogP contribution < -0.4 is 5.32 Å². The minimum absolute atomic E-state index is 0.405. The summed E-state index contributed by atoms with van der Waals surface area (Å²) in [4.78, 5) is 10.7. The van der Waals surface area contributed by atoms with E-state index in [9.17, 15) is 0 Å².